The van der Waals surface area contributed by atoms with Crippen LogP contribution in [0.1, 0.15) is 22.5 Å². The van der Waals surface area contributed by atoms with E-state index in [1.165, 1.54) is 0 Å². The quantitative estimate of drug-likeness (QED) is 0.438. The summed E-state index contributed by atoms with van der Waals surface area (Å²) < 4.78 is 7.11. The minimum absolute atomic E-state index is 0.00409. The first-order valence-electron chi connectivity index (χ1n) is 11.3. The summed E-state index contributed by atoms with van der Waals surface area (Å²) in [6.07, 6.45) is 2.35. The zero-order valence-electron chi connectivity index (χ0n) is 19.4. The molecular formula is C27H27N5O2. The summed E-state index contributed by atoms with van der Waals surface area (Å²) in [6, 6.07) is 23.8. The molecule has 0 atom stereocenters. The van der Waals surface area contributed by atoms with E-state index in [0.29, 0.717) is 32.3 Å². The maximum atomic E-state index is 13.7. The fourth-order valence-electron chi connectivity index (χ4n) is 4.31. The van der Waals surface area contributed by atoms with E-state index in [2.05, 4.69) is 14.8 Å². The summed E-state index contributed by atoms with van der Waals surface area (Å²) in [5, 5.41) is 0. The van der Waals surface area contributed by atoms with Crippen molar-refractivity contribution < 1.29 is 4.74 Å². The number of pyridine rings is 1. The summed E-state index contributed by atoms with van der Waals surface area (Å²) in [6.45, 7) is 3.59. The molecular weight excluding hydrogens is 426 g/mol. The second kappa shape index (κ2) is 9.49. The molecule has 2 aromatic carbocycles. The van der Waals surface area contributed by atoms with Crippen LogP contribution in [0, 0.1) is 6.92 Å². The van der Waals surface area contributed by atoms with Gasteiger partial charge in [0.15, 0.2) is 0 Å². The Bertz CT molecular complexity index is 1320. The Morgan fingerprint density at radius 3 is 2.41 bits per heavy atom. The lowest BCUT2D eigenvalue weighted by atomic mass is 10.1. The van der Waals surface area contributed by atoms with Gasteiger partial charge < -0.3 is 4.74 Å². The lowest BCUT2D eigenvalue weighted by molar-refractivity contribution is 0.187. The summed E-state index contributed by atoms with van der Waals surface area (Å²) in [5.41, 5.74) is 4.48. The standard InChI is InChI=1S/C27H27N5O2/c1-20-25(16-21-8-4-3-5-9-21)26(33)32-19-30(17-22-10-6-7-15-28-22)18-31(27(32)29-20)23-11-13-24(34-2)14-12-23/h3-15H,16-19H2,1-2H3. The molecule has 0 N–H and O–H groups in total. The van der Waals surface area contributed by atoms with Gasteiger partial charge in [0.05, 0.1) is 31.8 Å². The number of aryl methyl sites for hydroxylation is 1. The second-order valence-electron chi connectivity index (χ2n) is 8.43. The lowest BCUT2D eigenvalue weighted by Crippen LogP contribution is -2.47. The van der Waals surface area contributed by atoms with E-state index in [1.54, 1.807) is 17.9 Å². The third-order valence-electron chi connectivity index (χ3n) is 6.09. The average Bonchev–Trinajstić information content (AvgIpc) is 2.88. The number of fused-ring (bicyclic) bond motifs is 1. The van der Waals surface area contributed by atoms with Crippen LogP contribution >= 0.6 is 0 Å². The van der Waals surface area contributed by atoms with Gasteiger partial charge in [0, 0.05) is 30.4 Å². The fraction of sp³-hybridized carbons (Fsp3) is 0.222. The van der Waals surface area contributed by atoms with Crippen molar-refractivity contribution in [3.8, 4) is 5.75 Å². The van der Waals surface area contributed by atoms with Gasteiger partial charge in [-0.2, -0.15) is 0 Å². The summed E-state index contributed by atoms with van der Waals surface area (Å²) in [4.78, 5) is 27.4. The molecule has 5 rings (SSSR count). The minimum Gasteiger partial charge on any atom is -0.497 e. The summed E-state index contributed by atoms with van der Waals surface area (Å²) >= 11 is 0. The van der Waals surface area contributed by atoms with Crippen LogP contribution in [0.25, 0.3) is 0 Å². The first-order chi connectivity index (χ1) is 16.6. The molecule has 1 aliphatic heterocycles. The van der Waals surface area contributed by atoms with Gasteiger partial charge in [0.25, 0.3) is 5.56 Å². The summed E-state index contributed by atoms with van der Waals surface area (Å²) in [7, 11) is 1.65. The van der Waals surface area contributed by atoms with E-state index in [-0.39, 0.29) is 5.56 Å². The third kappa shape index (κ3) is 4.43. The SMILES string of the molecule is COc1ccc(N2CN(Cc3ccccn3)Cn3c2nc(C)c(Cc2ccccc2)c3=O)cc1. The smallest absolute Gasteiger partial charge is 0.259 e. The Labute approximate surface area is 198 Å². The van der Waals surface area contributed by atoms with Gasteiger partial charge in [-0.05, 0) is 48.9 Å². The molecule has 2 aromatic heterocycles. The highest BCUT2D eigenvalue weighted by molar-refractivity contribution is 5.59. The highest BCUT2D eigenvalue weighted by Gasteiger charge is 2.28. The topological polar surface area (TPSA) is 63.5 Å². The van der Waals surface area contributed by atoms with Crippen molar-refractivity contribution in [1.29, 1.82) is 0 Å². The van der Waals surface area contributed by atoms with E-state index in [9.17, 15) is 4.79 Å². The van der Waals surface area contributed by atoms with E-state index in [0.717, 1.165) is 34.0 Å². The Kier molecular flexibility index (Phi) is 6.10. The van der Waals surface area contributed by atoms with Gasteiger partial charge in [0.1, 0.15) is 5.75 Å². The number of methoxy groups -OCH3 is 1. The monoisotopic (exact) mass is 453 g/mol. The molecule has 4 aromatic rings. The maximum Gasteiger partial charge on any atom is 0.259 e. The fourth-order valence-corrected chi connectivity index (χ4v) is 4.31. The van der Waals surface area contributed by atoms with Gasteiger partial charge in [0.2, 0.25) is 5.95 Å². The average molecular weight is 454 g/mol. The van der Waals surface area contributed by atoms with E-state index in [4.69, 9.17) is 9.72 Å². The van der Waals surface area contributed by atoms with Gasteiger partial charge in [-0.25, -0.2) is 4.98 Å². The van der Waals surface area contributed by atoms with Crippen LogP contribution in [-0.2, 0) is 19.6 Å². The van der Waals surface area contributed by atoms with Gasteiger partial charge in [-0.3, -0.25) is 24.1 Å². The molecule has 7 nitrogen and oxygen atoms in total. The highest BCUT2D eigenvalue weighted by Crippen LogP contribution is 2.29. The Hall–Kier alpha value is -3.97. The van der Waals surface area contributed by atoms with Gasteiger partial charge in [-0.15, -0.1) is 0 Å². The second-order valence-corrected chi connectivity index (χ2v) is 8.43. The van der Waals surface area contributed by atoms with Crippen molar-refractivity contribution in [2.75, 3.05) is 18.7 Å². The minimum atomic E-state index is -0.00409. The number of nitrogens with zero attached hydrogens (tertiary/aromatic N) is 5. The largest absolute Gasteiger partial charge is 0.497 e. The number of ether oxygens (including phenoxy) is 1. The molecule has 0 saturated carbocycles. The van der Waals surface area contributed by atoms with Gasteiger partial charge >= 0.3 is 0 Å². The number of aromatic nitrogens is 3. The van der Waals surface area contributed by atoms with E-state index in [1.807, 2.05) is 79.7 Å². The van der Waals surface area contributed by atoms with E-state index >= 15 is 0 Å². The molecule has 0 amide bonds. The van der Waals surface area contributed by atoms with Crippen LogP contribution in [0.2, 0.25) is 0 Å². The Morgan fingerprint density at radius 2 is 1.71 bits per heavy atom. The third-order valence-corrected chi connectivity index (χ3v) is 6.09. The van der Waals surface area contributed by atoms with Crippen LogP contribution in [0.15, 0.2) is 83.8 Å². The number of hydrogen-bond donors (Lipinski definition) is 0. The molecule has 7 heteroatoms. The molecule has 34 heavy (non-hydrogen) atoms. The molecule has 1 aliphatic rings. The molecule has 0 spiro atoms. The molecule has 172 valence electrons. The van der Waals surface area contributed by atoms with Crippen molar-refractivity contribution in [2.45, 2.75) is 26.6 Å². The first kappa shape index (κ1) is 21.9. The van der Waals surface area contributed by atoms with Crippen molar-refractivity contribution in [3.05, 3.63) is 112 Å². The Balaban J connectivity index is 1.57. The molecule has 3 heterocycles. The van der Waals surface area contributed by atoms with Crippen molar-refractivity contribution in [2.24, 2.45) is 0 Å². The summed E-state index contributed by atoms with van der Waals surface area (Å²) in [5.74, 6) is 1.44. The number of benzene rings is 2. The number of hydrogen-bond acceptors (Lipinski definition) is 6. The van der Waals surface area contributed by atoms with Crippen molar-refractivity contribution >= 4 is 11.6 Å². The molecule has 0 aliphatic carbocycles. The zero-order chi connectivity index (χ0) is 23.5. The zero-order valence-corrected chi connectivity index (χ0v) is 19.4. The number of rotatable bonds is 6. The van der Waals surface area contributed by atoms with Crippen LogP contribution in [-0.4, -0.2) is 33.2 Å². The number of anilines is 2. The molecule has 0 radical (unpaired) electrons. The first-order valence-corrected chi connectivity index (χ1v) is 11.3. The van der Waals surface area contributed by atoms with Crippen LogP contribution in [0.3, 0.4) is 0 Å². The van der Waals surface area contributed by atoms with Crippen LogP contribution in [0.5, 0.6) is 5.75 Å². The van der Waals surface area contributed by atoms with Crippen molar-refractivity contribution in [3.63, 3.8) is 0 Å². The van der Waals surface area contributed by atoms with Crippen LogP contribution < -0.4 is 15.2 Å². The predicted octanol–water partition coefficient (Wildman–Crippen LogP) is 4.12. The van der Waals surface area contributed by atoms with Crippen molar-refractivity contribution in [1.82, 2.24) is 19.4 Å². The highest BCUT2D eigenvalue weighted by atomic mass is 16.5. The van der Waals surface area contributed by atoms with E-state index < -0.39 is 0 Å². The van der Waals surface area contributed by atoms with Gasteiger partial charge in [-0.1, -0.05) is 36.4 Å². The normalized spacial score (nSPS) is 13.5. The molecule has 0 saturated heterocycles. The molecule has 0 bridgehead atoms. The maximum absolute atomic E-state index is 13.7. The molecule has 0 fully saturated rings. The van der Waals surface area contributed by atoms with Crippen LogP contribution in [0.4, 0.5) is 11.6 Å². The Morgan fingerprint density at radius 1 is 0.941 bits per heavy atom. The lowest BCUT2D eigenvalue weighted by Gasteiger charge is -2.38. The predicted molar refractivity (Wildman–Crippen MR) is 132 cm³/mol. The molecule has 0 unspecified atom stereocenters.